The lowest BCUT2D eigenvalue weighted by Gasteiger charge is -2.12. The van der Waals surface area contributed by atoms with E-state index in [1.807, 2.05) is 0 Å². The number of furan rings is 1. The molecule has 1 aromatic heterocycles. The van der Waals surface area contributed by atoms with Gasteiger partial charge in [-0.15, -0.1) is 6.42 Å². The van der Waals surface area contributed by atoms with Crippen LogP contribution in [0.5, 0.6) is 0 Å². The zero-order valence-electron chi connectivity index (χ0n) is 10.5. The summed E-state index contributed by atoms with van der Waals surface area (Å²) >= 11 is 0. The summed E-state index contributed by atoms with van der Waals surface area (Å²) in [6.45, 7) is 2.08. The molecule has 1 amide bonds. The van der Waals surface area contributed by atoms with Crippen LogP contribution in [0.25, 0.3) is 0 Å². The number of rotatable bonds is 3. The van der Waals surface area contributed by atoms with Crippen LogP contribution in [-0.4, -0.2) is 41.4 Å². The van der Waals surface area contributed by atoms with Gasteiger partial charge in [0.05, 0.1) is 24.3 Å². The van der Waals surface area contributed by atoms with Crippen LogP contribution >= 0.6 is 0 Å². The summed E-state index contributed by atoms with van der Waals surface area (Å²) < 4.78 is 5.47. The van der Waals surface area contributed by atoms with Gasteiger partial charge in [-0.25, -0.2) is 0 Å². The highest BCUT2D eigenvalue weighted by atomic mass is 16.4. The Hall–Kier alpha value is -1.81. The van der Waals surface area contributed by atoms with E-state index in [1.54, 1.807) is 13.0 Å². The average molecular weight is 264 g/mol. The molecule has 2 heterocycles. The standard InChI is InChI=1S/C13H16N2O4/c1-3-4-14-13(18)8-5-10(19-7(8)2)11-12(17)9(16)6-15-11/h1,5,9,11-12,15-17H,4,6H2,2H3,(H,14,18)/t9-,11-,12-/m1/s1. The molecule has 6 nitrogen and oxygen atoms in total. The fourth-order valence-corrected chi connectivity index (χ4v) is 2.09. The van der Waals surface area contributed by atoms with Crippen LogP contribution in [0.1, 0.15) is 27.9 Å². The molecule has 1 aromatic rings. The van der Waals surface area contributed by atoms with Gasteiger partial charge in [0, 0.05) is 6.54 Å². The van der Waals surface area contributed by atoms with E-state index in [2.05, 4.69) is 16.6 Å². The van der Waals surface area contributed by atoms with Gasteiger partial charge in [0.1, 0.15) is 17.6 Å². The first-order valence-electron chi connectivity index (χ1n) is 5.96. The minimum atomic E-state index is -0.952. The molecule has 0 bridgehead atoms. The highest BCUT2D eigenvalue weighted by molar-refractivity contribution is 5.95. The summed E-state index contributed by atoms with van der Waals surface area (Å²) in [4.78, 5) is 11.8. The maximum Gasteiger partial charge on any atom is 0.255 e. The molecular formula is C13H16N2O4. The van der Waals surface area contributed by atoms with Crippen molar-refractivity contribution in [3.05, 3.63) is 23.2 Å². The number of aliphatic hydroxyl groups excluding tert-OH is 2. The predicted molar refractivity (Wildman–Crippen MR) is 67.4 cm³/mol. The fourth-order valence-electron chi connectivity index (χ4n) is 2.09. The lowest BCUT2D eigenvalue weighted by Crippen LogP contribution is -2.25. The Morgan fingerprint density at radius 2 is 2.42 bits per heavy atom. The fraction of sp³-hybridized carbons (Fsp3) is 0.462. The first kappa shape index (κ1) is 13.6. The van der Waals surface area contributed by atoms with Crippen LogP contribution in [0.15, 0.2) is 10.5 Å². The normalized spacial score (nSPS) is 26.1. The van der Waals surface area contributed by atoms with Crippen LogP contribution in [-0.2, 0) is 0 Å². The molecule has 1 aliphatic heterocycles. The topological polar surface area (TPSA) is 94.7 Å². The Labute approximate surface area is 110 Å². The quantitative estimate of drug-likeness (QED) is 0.542. The van der Waals surface area contributed by atoms with E-state index in [0.29, 0.717) is 17.1 Å². The molecule has 0 spiro atoms. The molecule has 2 rings (SSSR count). The Morgan fingerprint density at radius 3 is 3.00 bits per heavy atom. The smallest absolute Gasteiger partial charge is 0.255 e. The molecule has 0 aromatic carbocycles. The van der Waals surface area contributed by atoms with E-state index in [1.165, 1.54) is 0 Å². The van der Waals surface area contributed by atoms with Crippen LogP contribution in [0, 0.1) is 19.3 Å². The van der Waals surface area contributed by atoms with Gasteiger partial charge in [-0.05, 0) is 13.0 Å². The summed E-state index contributed by atoms with van der Waals surface area (Å²) in [7, 11) is 0. The SMILES string of the molecule is C#CCNC(=O)c1cc([C@H]2NC[C@@H](O)[C@H]2O)oc1C. The van der Waals surface area contributed by atoms with E-state index in [-0.39, 0.29) is 19.0 Å². The number of carbonyl (C=O) groups excluding carboxylic acids is 1. The van der Waals surface area contributed by atoms with E-state index in [0.717, 1.165) is 0 Å². The number of hydrogen-bond donors (Lipinski definition) is 4. The Bertz CT molecular complexity index is 517. The van der Waals surface area contributed by atoms with Crippen molar-refractivity contribution in [3.8, 4) is 12.3 Å². The molecule has 6 heteroatoms. The van der Waals surface area contributed by atoms with Crippen LogP contribution in [0.3, 0.4) is 0 Å². The summed E-state index contributed by atoms with van der Waals surface area (Å²) in [5.41, 5.74) is 0.376. The Kier molecular flexibility index (Phi) is 3.90. The number of β-amino-alcohol motifs (C(OH)–C–C–N with tert-alkyl or cyclic N) is 1. The number of carbonyl (C=O) groups is 1. The minimum absolute atomic E-state index is 0.141. The maximum absolute atomic E-state index is 11.8. The lowest BCUT2D eigenvalue weighted by molar-refractivity contribution is 0.0368. The van der Waals surface area contributed by atoms with Crippen LogP contribution < -0.4 is 10.6 Å². The van der Waals surface area contributed by atoms with Crippen molar-refractivity contribution in [2.24, 2.45) is 0 Å². The molecule has 0 unspecified atom stereocenters. The molecule has 0 aliphatic carbocycles. The van der Waals surface area contributed by atoms with Crippen molar-refractivity contribution in [2.45, 2.75) is 25.2 Å². The van der Waals surface area contributed by atoms with Crippen LogP contribution in [0.2, 0.25) is 0 Å². The van der Waals surface area contributed by atoms with Crippen molar-refractivity contribution in [2.75, 3.05) is 13.1 Å². The second-order valence-corrected chi connectivity index (χ2v) is 4.45. The van der Waals surface area contributed by atoms with Gasteiger partial charge in [-0.3, -0.25) is 4.79 Å². The molecule has 1 fully saturated rings. The molecular weight excluding hydrogens is 248 g/mol. The van der Waals surface area contributed by atoms with Gasteiger partial charge >= 0.3 is 0 Å². The second kappa shape index (κ2) is 5.45. The van der Waals surface area contributed by atoms with Crippen molar-refractivity contribution in [3.63, 3.8) is 0 Å². The number of aliphatic hydroxyl groups is 2. The molecule has 1 saturated heterocycles. The van der Waals surface area contributed by atoms with Gasteiger partial charge in [0.2, 0.25) is 0 Å². The predicted octanol–water partition coefficient (Wildman–Crippen LogP) is -0.683. The van der Waals surface area contributed by atoms with Crippen molar-refractivity contribution >= 4 is 5.91 Å². The molecule has 0 radical (unpaired) electrons. The third-order valence-electron chi connectivity index (χ3n) is 3.12. The third kappa shape index (κ3) is 2.63. The highest BCUT2D eigenvalue weighted by Gasteiger charge is 2.36. The number of amides is 1. The zero-order chi connectivity index (χ0) is 14.0. The number of hydrogen-bond acceptors (Lipinski definition) is 5. The van der Waals surface area contributed by atoms with Crippen molar-refractivity contribution < 1.29 is 19.4 Å². The van der Waals surface area contributed by atoms with Crippen molar-refractivity contribution in [1.82, 2.24) is 10.6 Å². The van der Waals surface area contributed by atoms with E-state index in [4.69, 9.17) is 10.8 Å². The number of terminal acetylenes is 1. The monoisotopic (exact) mass is 264 g/mol. The zero-order valence-corrected chi connectivity index (χ0v) is 10.5. The van der Waals surface area contributed by atoms with Crippen molar-refractivity contribution in [1.29, 1.82) is 0 Å². The summed E-state index contributed by atoms with van der Waals surface area (Å²) in [5, 5.41) is 24.8. The highest BCUT2D eigenvalue weighted by Crippen LogP contribution is 2.27. The molecule has 0 saturated carbocycles. The van der Waals surface area contributed by atoms with Gasteiger partial charge in [0.15, 0.2) is 0 Å². The molecule has 19 heavy (non-hydrogen) atoms. The van der Waals surface area contributed by atoms with Crippen LogP contribution in [0.4, 0.5) is 0 Å². The Morgan fingerprint density at radius 1 is 1.68 bits per heavy atom. The number of nitrogens with one attached hydrogen (secondary N) is 2. The second-order valence-electron chi connectivity index (χ2n) is 4.45. The first-order valence-corrected chi connectivity index (χ1v) is 5.96. The number of aryl methyl sites for hydroxylation is 1. The molecule has 1 aliphatic rings. The first-order chi connectivity index (χ1) is 9.04. The summed E-state index contributed by atoms with van der Waals surface area (Å²) in [6, 6.07) is 1.04. The average Bonchev–Trinajstić information content (AvgIpc) is 2.91. The summed E-state index contributed by atoms with van der Waals surface area (Å²) in [5.74, 6) is 2.86. The largest absolute Gasteiger partial charge is 0.464 e. The Balaban J connectivity index is 2.17. The van der Waals surface area contributed by atoms with Gasteiger partial charge in [-0.1, -0.05) is 5.92 Å². The van der Waals surface area contributed by atoms with Gasteiger partial charge in [-0.2, -0.15) is 0 Å². The minimum Gasteiger partial charge on any atom is -0.464 e. The lowest BCUT2D eigenvalue weighted by atomic mass is 10.1. The van der Waals surface area contributed by atoms with E-state index in [9.17, 15) is 15.0 Å². The molecule has 4 N–H and O–H groups in total. The maximum atomic E-state index is 11.8. The summed E-state index contributed by atoms with van der Waals surface area (Å²) in [6.07, 6.45) is 3.28. The van der Waals surface area contributed by atoms with Gasteiger partial charge < -0.3 is 25.3 Å². The van der Waals surface area contributed by atoms with E-state index < -0.39 is 18.2 Å². The van der Waals surface area contributed by atoms with Gasteiger partial charge in [0.25, 0.3) is 5.91 Å². The molecule has 3 atom stereocenters. The van der Waals surface area contributed by atoms with E-state index >= 15 is 0 Å². The molecule has 102 valence electrons. The third-order valence-corrected chi connectivity index (χ3v) is 3.12.